The zero-order valence-corrected chi connectivity index (χ0v) is 12.7. The van der Waals surface area contributed by atoms with Gasteiger partial charge in [-0.1, -0.05) is 13.3 Å². The van der Waals surface area contributed by atoms with E-state index in [2.05, 4.69) is 32.9 Å². The average molecular weight is 276 g/mol. The van der Waals surface area contributed by atoms with Crippen molar-refractivity contribution < 1.29 is 0 Å². The largest absolute Gasteiger partial charge is 0.342 e. The molecule has 20 heavy (non-hydrogen) atoms. The zero-order valence-electron chi connectivity index (χ0n) is 12.7. The van der Waals surface area contributed by atoms with Gasteiger partial charge in [-0.2, -0.15) is 0 Å². The summed E-state index contributed by atoms with van der Waals surface area (Å²) in [6.07, 6.45) is 12.0. The normalized spacial score (nSPS) is 24.4. The van der Waals surface area contributed by atoms with E-state index in [1.807, 2.05) is 6.20 Å². The van der Waals surface area contributed by atoms with Gasteiger partial charge in [-0.05, 0) is 44.6 Å². The smallest absolute Gasteiger partial charge is 0.205 e. The molecule has 1 unspecified atom stereocenters. The molecule has 3 rings (SSSR count). The predicted octanol–water partition coefficient (Wildman–Crippen LogP) is 2.65. The van der Waals surface area contributed by atoms with E-state index in [0.717, 1.165) is 18.5 Å². The molecule has 0 amide bonds. The number of piperidine rings is 1. The van der Waals surface area contributed by atoms with Gasteiger partial charge in [0, 0.05) is 38.1 Å². The van der Waals surface area contributed by atoms with E-state index < -0.39 is 0 Å². The first kappa shape index (κ1) is 13.9. The molecular formula is C16H28N4. The number of nitrogens with zero attached hydrogens (tertiary/aromatic N) is 3. The summed E-state index contributed by atoms with van der Waals surface area (Å²) in [4.78, 5) is 7.08. The van der Waals surface area contributed by atoms with Crippen molar-refractivity contribution in [3.63, 3.8) is 0 Å². The Morgan fingerprint density at radius 3 is 2.85 bits per heavy atom. The second-order valence-electron chi connectivity index (χ2n) is 6.30. The van der Waals surface area contributed by atoms with Crippen LogP contribution in [-0.2, 0) is 6.54 Å². The van der Waals surface area contributed by atoms with Crippen molar-refractivity contribution in [1.29, 1.82) is 0 Å². The van der Waals surface area contributed by atoms with Gasteiger partial charge < -0.3 is 14.8 Å². The molecule has 0 radical (unpaired) electrons. The fraction of sp³-hybridized carbons (Fsp3) is 0.812. The van der Waals surface area contributed by atoms with Crippen molar-refractivity contribution in [1.82, 2.24) is 14.9 Å². The number of imidazole rings is 1. The lowest BCUT2D eigenvalue weighted by molar-refractivity contribution is 0.316. The lowest BCUT2D eigenvalue weighted by Gasteiger charge is -2.35. The van der Waals surface area contributed by atoms with E-state index in [4.69, 9.17) is 0 Å². The quantitative estimate of drug-likeness (QED) is 0.897. The number of aromatic nitrogens is 2. The van der Waals surface area contributed by atoms with E-state index in [1.54, 1.807) is 0 Å². The van der Waals surface area contributed by atoms with E-state index in [9.17, 15) is 0 Å². The van der Waals surface area contributed by atoms with Crippen LogP contribution in [0.3, 0.4) is 0 Å². The third kappa shape index (κ3) is 3.00. The molecule has 0 spiro atoms. The monoisotopic (exact) mass is 276 g/mol. The summed E-state index contributed by atoms with van der Waals surface area (Å²) < 4.78 is 2.33. The van der Waals surface area contributed by atoms with Crippen molar-refractivity contribution in [2.75, 3.05) is 24.5 Å². The molecule has 1 N–H and O–H groups in total. The Bertz CT molecular complexity index is 400. The van der Waals surface area contributed by atoms with E-state index in [1.165, 1.54) is 64.1 Å². The standard InChI is InChI=1S/C16H28N4/c1-2-3-10-19-13-9-18-16(19)20-11-6-14(7-12-20)15-5-4-8-17-15/h9,13-15,17H,2-8,10-12H2,1H3. The van der Waals surface area contributed by atoms with Gasteiger partial charge in [0.1, 0.15) is 0 Å². The molecule has 0 saturated carbocycles. The van der Waals surface area contributed by atoms with Crippen LogP contribution in [0.25, 0.3) is 0 Å². The van der Waals surface area contributed by atoms with Gasteiger partial charge in [-0.3, -0.25) is 0 Å². The summed E-state index contributed by atoms with van der Waals surface area (Å²) in [5, 5.41) is 3.68. The Balaban J connectivity index is 1.56. The van der Waals surface area contributed by atoms with Crippen molar-refractivity contribution in [3.8, 4) is 0 Å². The molecule has 0 bridgehead atoms. The van der Waals surface area contributed by atoms with Crippen LogP contribution in [0.4, 0.5) is 5.95 Å². The SMILES string of the molecule is CCCCn1ccnc1N1CCC(C2CCCN2)CC1. The molecule has 1 aromatic rings. The molecule has 2 fully saturated rings. The minimum atomic E-state index is 0.789. The lowest BCUT2D eigenvalue weighted by atomic mass is 9.89. The number of aryl methyl sites for hydroxylation is 1. The number of unbranched alkanes of at least 4 members (excludes halogenated alkanes) is 1. The molecule has 2 saturated heterocycles. The highest BCUT2D eigenvalue weighted by molar-refractivity contribution is 5.32. The zero-order chi connectivity index (χ0) is 13.8. The first-order chi connectivity index (χ1) is 9.88. The predicted molar refractivity (Wildman–Crippen MR) is 83.1 cm³/mol. The fourth-order valence-corrected chi connectivity index (χ4v) is 3.70. The Morgan fingerprint density at radius 2 is 2.15 bits per heavy atom. The topological polar surface area (TPSA) is 33.1 Å². The summed E-state index contributed by atoms with van der Waals surface area (Å²) in [5.74, 6) is 2.07. The Morgan fingerprint density at radius 1 is 1.30 bits per heavy atom. The molecule has 112 valence electrons. The van der Waals surface area contributed by atoms with Gasteiger partial charge >= 0.3 is 0 Å². The molecule has 4 heteroatoms. The second-order valence-corrected chi connectivity index (χ2v) is 6.30. The lowest BCUT2D eigenvalue weighted by Crippen LogP contribution is -2.41. The number of rotatable bonds is 5. The third-order valence-electron chi connectivity index (χ3n) is 4.94. The summed E-state index contributed by atoms with van der Waals surface area (Å²) in [6, 6.07) is 0.789. The first-order valence-electron chi connectivity index (χ1n) is 8.38. The first-order valence-corrected chi connectivity index (χ1v) is 8.38. The van der Waals surface area contributed by atoms with Gasteiger partial charge in [0.25, 0.3) is 0 Å². The van der Waals surface area contributed by atoms with Crippen LogP contribution in [0.15, 0.2) is 12.4 Å². The minimum Gasteiger partial charge on any atom is -0.342 e. The maximum atomic E-state index is 4.59. The fourth-order valence-electron chi connectivity index (χ4n) is 3.70. The molecule has 2 aliphatic rings. The van der Waals surface area contributed by atoms with E-state index in [0.29, 0.717) is 0 Å². The second kappa shape index (κ2) is 6.61. The Hall–Kier alpha value is -1.03. The highest BCUT2D eigenvalue weighted by atomic mass is 15.3. The average Bonchev–Trinajstić information content (AvgIpc) is 3.16. The Labute approximate surface area is 122 Å². The molecule has 0 aromatic carbocycles. The van der Waals surface area contributed by atoms with E-state index >= 15 is 0 Å². The molecule has 0 aliphatic carbocycles. The van der Waals surface area contributed by atoms with Crippen LogP contribution in [-0.4, -0.2) is 35.2 Å². The summed E-state index contributed by atoms with van der Waals surface area (Å²) >= 11 is 0. The van der Waals surface area contributed by atoms with Gasteiger partial charge in [0.15, 0.2) is 0 Å². The molecule has 2 aliphatic heterocycles. The van der Waals surface area contributed by atoms with Gasteiger partial charge in [0.05, 0.1) is 0 Å². The van der Waals surface area contributed by atoms with Gasteiger partial charge in [-0.15, -0.1) is 0 Å². The maximum Gasteiger partial charge on any atom is 0.205 e. The number of hydrogen-bond donors (Lipinski definition) is 1. The summed E-state index contributed by atoms with van der Waals surface area (Å²) in [5.41, 5.74) is 0. The molecule has 1 aromatic heterocycles. The van der Waals surface area contributed by atoms with Crippen LogP contribution in [0, 0.1) is 5.92 Å². The molecular weight excluding hydrogens is 248 g/mol. The highest BCUT2D eigenvalue weighted by Crippen LogP contribution is 2.27. The van der Waals surface area contributed by atoms with Crippen LogP contribution in [0.2, 0.25) is 0 Å². The van der Waals surface area contributed by atoms with Crippen LogP contribution in [0.1, 0.15) is 45.4 Å². The highest BCUT2D eigenvalue weighted by Gasteiger charge is 2.29. The number of anilines is 1. The third-order valence-corrected chi connectivity index (χ3v) is 4.94. The number of hydrogen-bond acceptors (Lipinski definition) is 3. The van der Waals surface area contributed by atoms with Gasteiger partial charge in [-0.25, -0.2) is 4.98 Å². The van der Waals surface area contributed by atoms with Crippen LogP contribution >= 0.6 is 0 Å². The van der Waals surface area contributed by atoms with Crippen LogP contribution in [0.5, 0.6) is 0 Å². The van der Waals surface area contributed by atoms with Crippen molar-refractivity contribution in [3.05, 3.63) is 12.4 Å². The van der Waals surface area contributed by atoms with Gasteiger partial charge in [0.2, 0.25) is 5.95 Å². The van der Waals surface area contributed by atoms with E-state index in [-0.39, 0.29) is 0 Å². The minimum absolute atomic E-state index is 0.789. The summed E-state index contributed by atoms with van der Waals surface area (Å²) in [7, 11) is 0. The Kier molecular flexibility index (Phi) is 4.61. The maximum absolute atomic E-state index is 4.59. The van der Waals surface area contributed by atoms with Crippen molar-refractivity contribution >= 4 is 5.95 Å². The molecule has 4 nitrogen and oxygen atoms in total. The van der Waals surface area contributed by atoms with Crippen LogP contribution < -0.4 is 10.2 Å². The van der Waals surface area contributed by atoms with Crippen molar-refractivity contribution in [2.45, 2.75) is 58.0 Å². The molecule has 1 atom stereocenters. The summed E-state index contributed by atoms with van der Waals surface area (Å²) in [6.45, 7) is 6.93. The molecule has 3 heterocycles. The van der Waals surface area contributed by atoms with Crippen molar-refractivity contribution in [2.24, 2.45) is 5.92 Å². The number of nitrogens with one attached hydrogen (secondary N) is 1.